The lowest BCUT2D eigenvalue weighted by atomic mass is 9.91. The molecule has 1 aromatic carbocycles. The molecule has 2 aromatic rings. The summed E-state index contributed by atoms with van der Waals surface area (Å²) in [6, 6.07) is 3.99. The van der Waals surface area contributed by atoms with Gasteiger partial charge in [-0.1, -0.05) is 11.3 Å². The second-order valence-corrected chi connectivity index (χ2v) is 5.26. The highest BCUT2D eigenvalue weighted by Gasteiger charge is 2.19. The van der Waals surface area contributed by atoms with E-state index in [0.29, 0.717) is 0 Å². The van der Waals surface area contributed by atoms with Gasteiger partial charge in [-0.3, -0.25) is 4.79 Å². The maximum atomic E-state index is 10.8. The van der Waals surface area contributed by atoms with Crippen molar-refractivity contribution in [2.75, 3.05) is 0 Å². The van der Waals surface area contributed by atoms with Gasteiger partial charge in [0.15, 0.2) is 0 Å². The Morgan fingerprint density at radius 2 is 2.21 bits per heavy atom. The maximum absolute atomic E-state index is 10.8. The Hall–Kier alpha value is -1.91. The number of carboxylic acids is 1. The van der Waals surface area contributed by atoms with E-state index < -0.39 is 5.97 Å². The number of aromatic nitrogens is 3. The quantitative estimate of drug-likeness (QED) is 0.918. The van der Waals surface area contributed by atoms with E-state index in [1.165, 1.54) is 24.0 Å². The van der Waals surface area contributed by atoms with Crippen molar-refractivity contribution in [1.29, 1.82) is 0 Å². The third kappa shape index (κ3) is 2.09. The topological polar surface area (TPSA) is 68.0 Å². The second kappa shape index (κ2) is 4.64. The van der Waals surface area contributed by atoms with E-state index in [0.717, 1.165) is 23.9 Å². The molecule has 1 heterocycles. The average molecular weight is 259 g/mol. The van der Waals surface area contributed by atoms with Crippen LogP contribution in [-0.4, -0.2) is 26.1 Å². The Labute approximate surface area is 111 Å². The number of fused-ring (bicyclic) bond motifs is 3. The van der Waals surface area contributed by atoms with Crippen molar-refractivity contribution in [3.05, 3.63) is 23.3 Å². The summed E-state index contributed by atoms with van der Waals surface area (Å²) >= 11 is 0. The summed E-state index contributed by atoms with van der Waals surface area (Å²) in [5.41, 5.74) is 4.58. The summed E-state index contributed by atoms with van der Waals surface area (Å²) in [5, 5.41) is 17.3. The number of carbonyl (C=O) groups is 1. The van der Waals surface area contributed by atoms with Crippen LogP contribution in [0.2, 0.25) is 0 Å². The van der Waals surface area contributed by atoms with E-state index in [9.17, 15) is 4.79 Å². The molecule has 0 radical (unpaired) electrons. The fourth-order valence-electron chi connectivity index (χ4n) is 2.90. The molecule has 1 aliphatic carbocycles. The molecule has 0 fully saturated rings. The third-order valence-corrected chi connectivity index (χ3v) is 3.86. The minimum Gasteiger partial charge on any atom is -0.481 e. The first kappa shape index (κ1) is 12.1. The molecule has 1 unspecified atom stereocenters. The molecule has 0 saturated heterocycles. The van der Waals surface area contributed by atoms with Crippen molar-refractivity contribution < 1.29 is 9.90 Å². The number of hydrogen-bond donors (Lipinski definition) is 1. The molecule has 5 nitrogen and oxygen atoms in total. The fourth-order valence-corrected chi connectivity index (χ4v) is 2.90. The minimum atomic E-state index is -0.811. The number of hydrogen-bond acceptors (Lipinski definition) is 3. The van der Waals surface area contributed by atoms with Crippen molar-refractivity contribution in [2.45, 2.75) is 45.1 Å². The predicted molar refractivity (Wildman–Crippen MR) is 71.1 cm³/mol. The van der Waals surface area contributed by atoms with Crippen LogP contribution in [0.25, 0.3) is 11.0 Å². The second-order valence-electron chi connectivity index (χ2n) is 5.26. The first-order chi connectivity index (χ1) is 9.16. The molecular formula is C14H17N3O2. The maximum Gasteiger partial charge on any atom is 0.305 e. The van der Waals surface area contributed by atoms with E-state index in [1.807, 2.05) is 13.0 Å². The van der Waals surface area contributed by atoms with Gasteiger partial charge in [-0.25, -0.2) is 4.68 Å². The van der Waals surface area contributed by atoms with Crippen LogP contribution < -0.4 is 0 Å². The van der Waals surface area contributed by atoms with Crippen LogP contribution in [0.15, 0.2) is 12.1 Å². The zero-order valence-corrected chi connectivity index (χ0v) is 11.0. The SMILES string of the molecule is CC(CC(=O)O)n1nnc2c3c(ccc21)CCCC3. The third-order valence-electron chi connectivity index (χ3n) is 3.86. The van der Waals surface area contributed by atoms with Gasteiger partial charge in [0.05, 0.1) is 18.0 Å². The number of benzene rings is 1. The standard InChI is InChI=1S/C14H17N3O2/c1-9(8-13(18)19)17-12-7-6-10-4-2-3-5-11(10)14(12)15-16-17/h6-7,9H,2-5,8H2,1H3,(H,18,19). The zero-order valence-electron chi connectivity index (χ0n) is 11.0. The summed E-state index contributed by atoms with van der Waals surface area (Å²) in [4.78, 5) is 10.8. The van der Waals surface area contributed by atoms with Crippen LogP contribution in [-0.2, 0) is 17.6 Å². The van der Waals surface area contributed by atoms with Gasteiger partial charge in [0.2, 0.25) is 0 Å². The lowest BCUT2D eigenvalue weighted by molar-refractivity contribution is -0.137. The molecule has 1 aliphatic rings. The van der Waals surface area contributed by atoms with E-state index in [1.54, 1.807) is 4.68 Å². The van der Waals surface area contributed by atoms with Gasteiger partial charge in [0.25, 0.3) is 0 Å². The molecule has 5 heteroatoms. The monoisotopic (exact) mass is 259 g/mol. The number of carboxylic acid groups (broad SMARTS) is 1. The van der Waals surface area contributed by atoms with Gasteiger partial charge in [0, 0.05) is 0 Å². The van der Waals surface area contributed by atoms with Crippen LogP contribution >= 0.6 is 0 Å². The molecule has 3 rings (SSSR count). The Kier molecular flexibility index (Phi) is 2.97. The highest BCUT2D eigenvalue weighted by Crippen LogP contribution is 2.28. The highest BCUT2D eigenvalue weighted by atomic mass is 16.4. The van der Waals surface area contributed by atoms with Crippen molar-refractivity contribution >= 4 is 17.0 Å². The van der Waals surface area contributed by atoms with Crippen LogP contribution in [0.5, 0.6) is 0 Å². The van der Waals surface area contributed by atoms with Crippen molar-refractivity contribution in [1.82, 2.24) is 15.0 Å². The number of nitrogens with zero attached hydrogens (tertiary/aromatic N) is 3. The van der Waals surface area contributed by atoms with Crippen molar-refractivity contribution in [3.8, 4) is 0 Å². The molecular weight excluding hydrogens is 242 g/mol. The summed E-state index contributed by atoms with van der Waals surface area (Å²) in [6.45, 7) is 1.86. The van der Waals surface area contributed by atoms with Gasteiger partial charge < -0.3 is 5.11 Å². The van der Waals surface area contributed by atoms with E-state index in [2.05, 4.69) is 16.4 Å². The average Bonchev–Trinajstić information content (AvgIpc) is 2.82. The molecule has 0 spiro atoms. The smallest absolute Gasteiger partial charge is 0.305 e. The summed E-state index contributed by atoms with van der Waals surface area (Å²) in [5.74, 6) is -0.811. The van der Waals surface area contributed by atoms with Crippen molar-refractivity contribution in [3.63, 3.8) is 0 Å². The molecule has 0 aliphatic heterocycles. The van der Waals surface area contributed by atoms with Crippen LogP contribution in [0.1, 0.15) is 43.4 Å². The van der Waals surface area contributed by atoms with Crippen molar-refractivity contribution in [2.24, 2.45) is 0 Å². The molecule has 0 bridgehead atoms. The van der Waals surface area contributed by atoms with E-state index >= 15 is 0 Å². The summed E-state index contributed by atoms with van der Waals surface area (Å²) in [7, 11) is 0. The molecule has 1 atom stereocenters. The van der Waals surface area contributed by atoms with Gasteiger partial charge in [-0.15, -0.1) is 5.10 Å². The molecule has 0 amide bonds. The highest BCUT2D eigenvalue weighted by molar-refractivity contribution is 5.80. The van der Waals surface area contributed by atoms with Gasteiger partial charge >= 0.3 is 5.97 Å². The van der Waals surface area contributed by atoms with Gasteiger partial charge in [-0.2, -0.15) is 0 Å². The first-order valence-corrected chi connectivity index (χ1v) is 6.74. The molecule has 0 saturated carbocycles. The largest absolute Gasteiger partial charge is 0.481 e. The van der Waals surface area contributed by atoms with Crippen LogP contribution in [0, 0.1) is 0 Å². The minimum absolute atomic E-state index is 0.0650. The molecule has 1 aromatic heterocycles. The van der Waals surface area contributed by atoms with Crippen LogP contribution in [0.3, 0.4) is 0 Å². The molecule has 100 valence electrons. The summed E-state index contributed by atoms with van der Waals surface area (Å²) in [6.07, 6.45) is 4.67. The number of aliphatic carboxylic acids is 1. The Morgan fingerprint density at radius 1 is 1.42 bits per heavy atom. The number of aryl methyl sites for hydroxylation is 2. The summed E-state index contributed by atoms with van der Waals surface area (Å²) < 4.78 is 1.73. The Bertz CT molecular complexity index is 633. The van der Waals surface area contributed by atoms with E-state index in [-0.39, 0.29) is 12.5 Å². The lowest BCUT2D eigenvalue weighted by Gasteiger charge is -2.16. The van der Waals surface area contributed by atoms with E-state index in [4.69, 9.17) is 5.11 Å². The fraction of sp³-hybridized carbons (Fsp3) is 0.500. The predicted octanol–water partition coefficient (Wildman–Crippen LogP) is 2.35. The molecule has 1 N–H and O–H groups in total. The first-order valence-electron chi connectivity index (χ1n) is 6.74. The normalized spacial score (nSPS) is 16.3. The zero-order chi connectivity index (χ0) is 13.4. The van der Waals surface area contributed by atoms with Gasteiger partial charge in [-0.05, 0) is 49.8 Å². The molecule has 19 heavy (non-hydrogen) atoms. The van der Waals surface area contributed by atoms with Crippen LogP contribution in [0.4, 0.5) is 0 Å². The Morgan fingerprint density at radius 3 is 3.00 bits per heavy atom. The lowest BCUT2D eigenvalue weighted by Crippen LogP contribution is -2.12. The number of rotatable bonds is 3. The van der Waals surface area contributed by atoms with Gasteiger partial charge in [0.1, 0.15) is 5.52 Å². The Balaban J connectivity index is 2.06.